The van der Waals surface area contributed by atoms with Crippen molar-refractivity contribution in [1.82, 2.24) is 9.97 Å². The molecule has 18 heavy (non-hydrogen) atoms. The van der Waals surface area contributed by atoms with Gasteiger partial charge >= 0.3 is 0 Å². The van der Waals surface area contributed by atoms with Crippen LogP contribution in [0.15, 0.2) is 6.07 Å². The van der Waals surface area contributed by atoms with Gasteiger partial charge in [0.25, 0.3) is 0 Å². The van der Waals surface area contributed by atoms with Gasteiger partial charge in [0, 0.05) is 26.1 Å². The average molecular weight is 248 g/mol. The van der Waals surface area contributed by atoms with Crippen LogP contribution in [-0.2, 0) is 6.42 Å². The third-order valence-electron chi connectivity index (χ3n) is 3.65. The maximum atomic E-state index is 5.86. The molecule has 0 bridgehead atoms. The number of aryl methyl sites for hydroxylation is 1. The predicted octanol–water partition coefficient (Wildman–Crippen LogP) is 2.64. The van der Waals surface area contributed by atoms with Crippen molar-refractivity contribution in [3.05, 3.63) is 11.9 Å². The fourth-order valence-corrected chi connectivity index (χ4v) is 2.71. The second-order valence-electron chi connectivity index (χ2n) is 5.35. The Bertz CT molecular complexity index is 385. The molecular formula is C14H24N4. The minimum Gasteiger partial charge on any atom is -0.384 e. The van der Waals surface area contributed by atoms with E-state index in [2.05, 4.69) is 28.8 Å². The van der Waals surface area contributed by atoms with E-state index in [4.69, 9.17) is 5.73 Å². The Morgan fingerprint density at radius 1 is 1.33 bits per heavy atom. The molecule has 0 radical (unpaired) electrons. The largest absolute Gasteiger partial charge is 0.384 e. The van der Waals surface area contributed by atoms with Crippen LogP contribution in [0.2, 0.25) is 0 Å². The minimum atomic E-state index is 0.585. The summed E-state index contributed by atoms with van der Waals surface area (Å²) in [5.41, 5.74) is 5.86. The number of nitrogens with two attached hydrogens (primary N) is 1. The average Bonchev–Trinajstić information content (AvgIpc) is 2.81. The molecule has 1 fully saturated rings. The first-order valence-electron chi connectivity index (χ1n) is 7.03. The molecule has 1 aromatic rings. The Hall–Kier alpha value is -1.32. The highest BCUT2D eigenvalue weighted by molar-refractivity contribution is 5.46. The van der Waals surface area contributed by atoms with E-state index in [0.29, 0.717) is 5.82 Å². The standard InChI is InChI=1S/C14H24N4/c1-3-6-13-16-12(15)9-14(17-13)18(2)10-11-7-4-5-8-11/h9,11H,3-8,10H2,1-2H3,(H2,15,16,17). The summed E-state index contributed by atoms with van der Waals surface area (Å²) in [4.78, 5) is 11.1. The lowest BCUT2D eigenvalue weighted by molar-refractivity contribution is 0.544. The third-order valence-corrected chi connectivity index (χ3v) is 3.65. The van der Waals surface area contributed by atoms with Crippen LogP contribution in [0.1, 0.15) is 44.9 Å². The maximum absolute atomic E-state index is 5.86. The van der Waals surface area contributed by atoms with Gasteiger partial charge in [-0.05, 0) is 25.2 Å². The molecule has 1 aliphatic carbocycles. The Kier molecular flexibility index (Phi) is 4.39. The number of hydrogen-bond donors (Lipinski definition) is 1. The van der Waals surface area contributed by atoms with Crippen LogP contribution in [0.4, 0.5) is 11.6 Å². The molecule has 4 nitrogen and oxygen atoms in total. The van der Waals surface area contributed by atoms with Crippen molar-refractivity contribution in [2.75, 3.05) is 24.2 Å². The highest BCUT2D eigenvalue weighted by atomic mass is 15.2. The van der Waals surface area contributed by atoms with E-state index in [1.165, 1.54) is 25.7 Å². The van der Waals surface area contributed by atoms with Crippen LogP contribution in [-0.4, -0.2) is 23.6 Å². The maximum Gasteiger partial charge on any atom is 0.134 e. The first-order chi connectivity index (χ1) is 8.69. The van der Waals surface area contributed by atoms with Crippen LogP contribution in [0.3, 0.4) is 0 Å². The molecule has 0 amide bonds. The number of rotatable bonds is 5. The highest BCUT2D eigenvalue weighted by Gasteiger charge is 2.18. The van der Waals surface area contributed by atoms with Crippen molar-refractivity contribution in [3.63, 3.8) is 0 Å². The monoisotopic (exact) mass is 248 g/mol. The second kappa shape index (κ2) is 6.03. The van der Waals surface area contributed by atoms with Crippen LogP contribution < -0.4 is 10.6 Å². The van der Waals surface area contributed by atoms with Gasteiger partial charge in [-0.25, -0.2) is 9.97 Å². The minimum absolute atomic E-state index is 0.585. The molecule has 0 saturated heterocycles. The molecule has 0 aliphatic heterocycles. The molecule has 100 valence electrons. The number of nitrogen functional groups attached to an aromatic ring is 1. The summed E-state index contributed by atoms with van der Waals surface area (Å²) in [5.74, 6) is 3.24. The summed E-state index contributed by atoms with van der Waals surface area (Å²) in [6, 6.07) is 1.88. The van der Waals surface area contributed by atoms with Crippen LogP contribution in [0.25, 0.3) is 0 Å². The molecule has 2 N–H and O–H groups in total. The molecule has 1 heterocycles. The molecule has 0 spiro atoms. The van der Waals surface area contributed by atoms with Gasteiger partial charge in [-0.15, -0.1) is 0 Å². The van der Waals surface area contributed by atoms with Crippen molar-refractivity contribution in [2.24, 2.45) is 5.92 Å². The first kappa shape index (κ1) is 13.1. The lowest BCUT2D eigenvalue weighted by Crippen LogP contribution is -2.25. The van der Waals surface area contributed by atoms with Crippen molar-refractivity contribution < 1.29 is 0 Å². The van der Waals surface area contributed by atoms with Crippen molar-refractivity contribution in [1.29, 1.82) is 0 Å². The summed E-state index contributed by atoms with van der Waals surface area (Å²) in [6.07, 6.45) is 7.42. The molecular weight excluding hydrogens is 224 g/mol. The van der Waals surface area contributed by atoms with E-state index in [9.17, 15) is 0 Å². The van der Waals surface area contributed by atoms with Gasteiger partial charge in [0.1, 0.15) is 17.5 Å². The smallest absolute Gasteiger partial charge is 0.134 e. The highest BCUT2D eigenvalue weighted by Crippen LogP contribution is 2.26. The number of anilines is 2. The summed E-state index contributed by atoms with van der Waals surface area (Å²) < 4.78 is 0. The zero-order chi connectivity index (χ0) is 13.0. The predicted molar refractivity (Wildman–Crippen MR) is 75.7 cm³/mol. The quantitative estimate of drug-likeness (QED) is 0.870. The van der Waals surface area contributed by atoms with Crippen LogP contribution in [0.5, 0.6) is 0 Å². The van der Waals surface area contributed by atoms with Crippen LogP contribution in [0, 0.1) is 5.92 Å². The third kappa shape index (κ3) is 3.34. The van der Waals surface area contributed by atoms with Gasteiger partial charge in [0.15, 0.2) is 0 Å². The van der Waals surface area contributed by atoms with Crippen molar-refractivity contribution in [3.8, 4) is 0 Å². The Morgan fingerprint density at radius 3 is 2.72 bits per heavy atom. The van der Waals surface area contributed by atoms with Gasteiger partial charge in [-0.3, -0.25) is 0 Å². The molecule has 1 aromatic heterocycles. The molecule has 1 saturated carbocycles. The first-order valence-corrected chi connectivity index (χ1v) is 7.03. The normalized spacial score (nSPS) is 16.1. The van der Waals surface area contributed by atoms with Gasteiger partial charge in [-0.1, -0.05) is 19.8 Å². The SMILES string of the molecule is CCCc1nc(N)cc(N(C)CC2CCCC2)n1. The number of aromatic nitrogens is 2. The Morgan fingerprint density at radius 2 is 2.06 bits per heavy atom. The van der Waals surface area contributed by atoms with E-state index >= 15 is 0 Å². The fraction of sp³-hybridized carbons (Fsp3) is 0.714. The van der Waals surface area contributed by atoms with E-state index < -0.39 is 0 Å². The zero-order valence-corrected chi connectivity index (χ0v) is 11.5. The van der Waals surface area contributed by atoms with E-state index in [-0.39, 0.29) is 0 Å². The second-order valence-corrected chi connectivity index (χ2v) is 5.35. The van der Waals surface area contributed by atoms with Crippen molar-refractivity contribution >= 4 is 11.6 Å². The van der Waals surface area contributed by atoms with E-state index in [1.807, 2.05) is 6.07 Å². The lowest BCUT2D eigenvalue weighted by Gasteiger charge is -2.22. The van der Waals surface area contributed by atoms with Crippen LogP contribution >= 0.6 is 0 Å². The molecule has 0 unspecified atom stereocenters. The zero-order valence-electron chi connectivity index (χ0n) is 11.5. The van der Waals surface area contributed by atoms with Gasteiger partial charge in [0.2, 0.25) is 0 Å². The van der Waals surface area contributed by atoms with Gasteiger partial charge in [-0.2, -0.15) is 0 Å². The molecule has 2 rings (SSSR count). The molecule has 0 atom stereocenters. The van der Waals surface area contributed by atoms with Gasteiger partial charge in [0.05, 0.1) is 0 Å². The molecule has 4 heteroatoms. The van der Waals surface area contributed by atoms with Gasteiger partial charge < -0.3 is 10.6 Å². The fourth-order valence-electron chi connectivity index (χ4n) is 2.71. The van der Waals surface area contributed by atoms with E-state index in [1.54, 1.807) is 0 Å². The van der Waals surface area contributed by atoms with E-state index in [0.717, 1.165) is 36.9 Å². The summed E-state index contributed by atoms with van der Waals surface area (Å²) in [7, 11) is 2.11. The summed E-state index contributed by atoms with van der Waals surface area (Å²) >= 11 is 0. The molecule has 0 aromatic carbocycles. The van der Waals surface area contributed by atoms with Crippen molar-refractivity contribution in [2.45, 2.75) is 45.4 Å². The topological polar surface area (TPSA) is 55.0 Å². The number of nitrogens with zero attached hydrogens (tertiary/aromatic N) is 3. The number of hydrogen-bond acceptors (Lipinski definition) is 4. The summed E-state index contributed by atoms with van der Waals surface area (Å²) in [5, 5.41) is 0. The Labute approximate surface area is 110 Å². The lowest BCUT2D eigenvalue weighted by atomic mass is 10.1. The Balaban J connectivity index is 2.05. The molecule has 1 aliphatic rings. The summed E-state index contributed by atoms with van der Waals surface area (Å²) in [6.45, 7) is 3.22.